The minimum Gasteiger partial charge on any atom is -0.496 e. The summed E-state index contributed by atoms with van der Waals surface area (Å²) in [6, 6.07) is 6.58. The highest BCUT2D eigenvalue weighted by Gasteiger charge is 2.38. The zero-order chi connectivity index (χ0) is 26.4. The van der Waals surface area contributed by atoms with Gasteiger partial charge in [0.1, 0.15) is 23.4 Å². The van der Waals surface area contributed by atoms with E-state index in [9.17, 15) is 9.90 Å². The van der Waals surface area contributed by atoms with E-state index in [1.807, 2.05) is 13.8 Å². The fourth-order valence-corrected chi connectivity index (χ4v) is 5.40. The lowest BCUT2D eigenvalue weighted by molar-refractivity contribution is -0.143. The van der Waals surface area contributed by atoms with Crippen LogP contribution in [-0.4, -0.2) is 60.4 Å². The Kier molecular flexibility index (Phi) is 9.38. The van der Waals surface area contributed by atoms with E-state index in [0.717, 1.165) is 56.6 Å². The molecule has 0 bridgehead atoms. The van der Waals surface area contributed by atoms with Gasteiger partial charge in [0, 0.05) is 31.9 Å². The van der Waals surface area contributed by atoms with Crippen LogP contribution < -0.4 is 10.1 Å². The number of unbranched alkanes of at least 4 members (excludes halogenated alkanes) is 2. The number of ether oxygens (including phenoxy) is 2. The van der Waals surface area contributed by atoms with Crippen LogP contribution >= 0.6 is 0 Å². The highest BCUT2D eigenvalue weighted by molar-refractivity contribution is 5.77. The maximum atomic E-state index is 15.4. The largest absolute Gasteiger partial charge is 0.496 e. The number of likely N-dealkylation sites (tertiary alicyclic amines) is 1. The molecule has 4 rings (SSSR count). The molecule has 37 heavy (non-hydrogen) atoms. The van der Waals surface area contributed by atoms with Crippen LogP contribution in [0.4, 0.5) is 10.2 Å². The molecule has 8 heteroatoms. The minimum absolute atomic E-state index is 0.0578. The summed E-state index contributed by atoms with van der Waals surface area (Å²) in [4.78, 5) is 18.9. The molecule has 2 aromatic rings. The van der Waals surface area contributed by atoms with Crippen LogP contribution in [-0.2, 0) is 22.4 Å². The second-order valence-electron chi connectivity index (χ2n) is 10.4. The van der Waals surface area contributed by atoms with Gasteiger partial charge >= 0.3 is 5.97 Å². The number of hydrogen-bond acceptors (Lipinski definition) is 6. The number of anilines is 1. The molecule has 3 heterocycles. The molecule has 1 fully saturated rings. The molecule has 0 spiro atoms. The number of aromatic nitrogens is 1. The fraction of sp³-hybridized carbons (Fsp3) is 0.586. The quantitative estimate of drug-likeness (QED) is 0.371. The van der Waals surface area contributed by atoms with Gasteiger partial charge in [-0.1, -0.05) is 32.4 Å². The number of carbonyl (C=O) groups is 1. The average Bonchev–Trinajstić information content (AvgIpc) is 3.34. The van der Waals surface area contributed by atoms with Crippen LogP contribution in [0.25, 0.3) is 0 Å². The highest BCUT2D eigenvalue weighted by atomic mass is 19.1. The standard InChI is InChI=1S/C29H40FN3O4/c1-19(2)23-12-13-24(36-3)25(26(23)30)27(29(34)35)33-16-14-22(18-33)37-17-6-4-5-9-21-11-10-20-8-7-15-31-28(20)32-21/h10-13,19,22,27H,4-9,14-18H2,1-3H3,(H,31,32)(H,34,35)/t22-,27-/m1/s1. The molecule has 1 aromatic heterocycles. The Labute approximate surface area is 219 Å². The number of aryl methyl sites for hydroxylation is 2. The lowest BCUT2D eigenvalue weighted by Gasteiger charge is -2.27. The Morgan fingerprint density at radius 2 is 2.08 bits per heavy atom. The minimum atomic E-state index is -1.11. The van der Waals surface area contributed by atoms with Crippen LogP contribution in [0.2, 0.25) is 0 Å². The monoisotopic (exact) mass is 513 g/mol. The second kappa shape index (κ2) is 12.7. The van der Waals surface area contributed by atoms with E-state index in [0.29, 0.717) is 25.3 Å². The van der Waals surface area contributed by atoms with Gasteiger partial charge in [0.25, 0.3) is 0 Å². The SMILES string of the molecule is COc1ccc(C(C)C)c(F)c1[C@H](C(=O)O)N1CC[C@@H](OCCCCCc2ccc3c(n2)NCCC3)C1. The van der Waals surface area contributed by atoms with Crippen LogP contribution in [0.3, 0.4) is 0 Å². The van der Waals surface area contributed by atoms with Crippen LogP contribution in [0.1, 0.15) is 80.3 Å². The Hall–Kier alpha value is -2.71. The zero-order valence-corrected chi connectivity index (χ0v) is 22.3. The van der Waals surface area contributed by atoms with Crippen LogP contribution in [0.5, 0.6) is 5.75 Å². The lowest BCUT2D eigenvalue weighted by Crippen LogP contribution is -2.34. The van der Waals surface area contributed by atoms with Crippen molar-refractivity contribution < 1.29 is 23.8 Å². The van der Waals surface area contributed by atoms with Gasteiger partial charge < -0.3 is 19.9 Å². The molecular weight excluding hydrogens is 473 g/mol. The van der Waals surface area contributed by atoms with E-state index in [1.165, 1.54) is 19.1 Å². The molecule has 0 aliphatic carbocycles. The van der Waals surface area contributed by atoms with Gasteiger partial charge in [0.15, 0.2) is 0 Å². The molecule has 0 unspecified atom stereocenters. The smallest absolute Gasteiger partial charge is 0.325 e. The van der Waals surface area contributed by atoms with E-state index in [4.69, 9.17) is 14.5 Å². The number of rotatable bonds is 12. The van der Waals surface area contributed by atoms with Gasteiger partial charge in [-0.3, -0.25) is 9.69 Å². The van der Waals surface area contributed by atoms with Crippen LogP contribution in [0.15, 0.2) is 24.3 Å². The first-order valence-electron chi connectivity index (χ1n) is 13.6. The van der Waals surface area contributed by atoms with Crippen LogP contribution in [0, 0.1) is 5.82 Å². The van der Waals surface area contributed by atoms with Gasteiger partial charge in [-0.05, 0) is 67.7 Å². The third-order valence-corrected chi connectivity index (χ3v) is 7.44. The van der Waals surface area contributed by atoms with Gasteiger partial charge in [-0.2, -0.15) is 0 Å². The summed E-state index contributed by atoms with van der Waals surface area (Å²) >= 11 is 0. The summed E-state index contributed by atoms with van der Waals surface area (Å²) in [5.74, 6) is -0.317. The number of nitrogens with one attached hydrogen (secondary N) is 1. The van der Waals surface area contributed by atoms with Crippen molar-refractivity contribution in [3.05, 3.63) is 52.5 Å². The average molecular weight is 514 g/mol. The number of carboxylic acids is 1. The van der Waals surface area contributed by atoms with E-state index in [2.05, 4.69) is 17.4 Å². The van der Waals surface area contributed by atoms with Crippen molar-refractivity contribution in [2.24, 2.45) is 0 Å². The van der Waals surface area contributed by atoms with Gasteiger partial charge in [0.05, 0.1) is 18.8 Å². The number of halogens is 1. The maximum Gasteiger partial charge on any atom is 0.325 e. The van der Waals surface area contributed by atoms with Crippen molar-refractivity contribution in [2.75, 3.05) is 38.7 Å². The first-order valence-corrected chi connectivity index (χ1v) is 13.6. The second-order valence-corrected chi connectivity index (χ2v) is 10.4. The number of methoxy groups -OCH3 is 1. The first-order chi connectivity index (χ1) is 17.9. The lowest BCUT2D eigenvalue weighted by atomic mass is 9.95. The summed E-state index contributed by atoms with van der Waals surface area (Å²) in [6.07, 6.45) is 6.94. The predicted molar refractivity (Wildman–Crippen MR) is 142 cm³/mol. The van der Waals surface area contributed by atoms with Crippen molar-refractivity contribution in [1.29, 1.82) is 0 Å². The van der Waals surface area contributed by atoms with E-state index >= 15 is 4.39 Å². The zero-order valence-electron chi connectivity index (χ0n) is 22.3. The number of benzene rings is 1. The van der Waals surface area contributed by atoms with Gasteiger partial charge in [0.2, 0.25) is 0 Å². The summed E-state index contributed by atoms with van der Waals surface area (Å²) in [7, 11) is 1.45. The predicted octanol–water partition coefficient (Wildman–Crippen LogP) is 5.34. The molecule has 0 amide bonds. The molecule has 2 N–H and O–H groups in total. The molecule has 2 aliphatic heterocycles. The number of carboxylic acid groups (broad SMARTS) is 1. The highest BCUT2D eigenvalue weighted by Crippen LogP contribution is 2.37. The van der Waals surface area contributed by atoms with Crippen molar-refractivity contribution in [3.8, 4) is 5.75 Å². The van der Waals surface area contributed by atoms with Gasteiger partial charge in [-0.15, -0.1) is 0 Å². The number of nitrogens with zero attached hydrogens (tertiary/aromatic N) is 2. The molecular formula is C29H40FN3O4. The molecule has 2 aliphatic rings. The van der Waals surface area contributed by atoms with E-state index < -0.39 is 17.8 Å². The molecule has 0 saturated carbocycles. The van der Waals surface area contributed by atoms with E-state index in [-0.39, 0.29) is 23.3 Å². The summed E-state index contributed by atoms with van der Waals surface area (Å²) < 4.78 is 26.9. The summed E-state index contributed by atoms with van der Waals surface area (Å²) in [5, 5.41) is 13.5. The number of aliphatic carboxylic acids is 1. The summed E-state index contributed by atoms with van der Waals surface area (Å²) in [6.45, 7) is 6.41. The molecule has 1 saturated heterocycles. The number of pyridine rings is 1. The number of fused-ring (bicyclic) bond motifs is 1. The van der Waals surface area contributed by atoms with Crippen molar-refractivity contribution in [3.63, 3.8) is 0 Å². The van der Waals surface area contributed by atoms with Crippen molar-refractivity contribution in [1.82, 2.24) is 9.88 Å². The molecule has 1 aromatic carbocycles. The molecule has 0 radical (unpaired) electrons. The first kappa shape index (κ1) is 27.3. The van der Waals surface area contributed by atoms with Crippen molar-refractivity contribution >= 4 is 11.8 Å². The van der Waals surface area contributed by atoms with E-state index in [1.54, 1.807) is 17.0 Å². The molecule has 2 atom stereocenters. The summed E-state index contributed by atoms with van der Waals surface area (Å²) in [5.41, 5.74) is 3.04. The van der Waals surface area contributed by atoms with Crippen molar-refractivity contribution in [2.45, 2.75) is 76.9 Å². The Balaban J connectivity index is 1.26. The Morgan fingerprint density at radius 1 is 1.24 bits per heavy atom. The Bertz CT molecular complexity index is 1080. The topological polar surface area (TPSA) is 83.9 Å². The fourth-order valence-electron chi connectivity index (χ4n) is 5.40. The normalized spacial score (nSPS) is 18.5. The third-order valence-electron chi connectivity index (χ3n) is 7.44. The third kappa shape index (κ3) is 6.60. The number of hydrogen-bond donors (Lipinski definition) is 2. The molecule has 7 nitrogen and oxygen atoms in total. The van der Waals surface area contributed by atoms with Gasteiger partial charge in [-0.25, -0.2) is 9.37 Å². The maximum absolute atomic E-state index is 15.4. The Morgan fingerprint density at radius 3 is 2.84 bits per heavy atom. The molecule has 202 valence electrons.